The molecule has 1 aromatic carbocycles. The van der Waals surface area contributed by atoms with Gasteiger partial charge in [0.25, 0.3) is 10.0 Å². The minimum atomic E-state index is -3.85. The van der Waals surface area contributed by atoms with Gasteiger partial charge in [0.2, 0.25) is 3.79 Å². The Balaban J connectivity index is 3.04. The monoisotopic (exact) mass is 319 g/mol. The molecule has 0 bridgehead atoms. The summed E-state index contributed by atoms with van der Waals surface area (Å²) in [5.41, 5.74) is 0. The van der Waals surface area contributed by atoms with Crippen LogP contribution in [0.15, 0.2) is 33.6 Å². The van der Waals surface area contributed by atoms with E-state index in [4.69, 9.17) is 46.4 Å². The second-order valence-corrected chi connectivity index (χ2v) is 7.14. The number of halogens is 4. The average Bonchev–Trinajstić information content (AvgIpc) is 2.15. The van der Waals surface area contributed by atoms with Gasteiger partial charge in [0, 0.05) is 5.02 Å². The predicted molar refractivity (Wildman–Crippen MR) is 67.4 cm³/mol. The van der Waals surface area contributed by atoms with Crippen molar-refractivity contribution in [2.75, 3.05) is 0 Å². The molecule has 0 unspecified atom stereocenters. The first-order valence-electron chi connectivity index (χ1n) is 3.84. The van der Waals surface area contributed by atoms with Crippen LogP contribution in [0.2, 0.25) is 5.02 Å². The molecule has 0 saturated carbocycles. The molecule has 8 heteroatoms. The first kappa shape index (κ1) is 14.1. The highest BCUT2D eigenvalue weighted by Crippen LogP contribution is 2.24. The van der Waals surface area contributed by atoms with Crippen LogP contribution in [0.25, 0.3) is 0 Å². The zero-order chi connectivity index (χ0) is 12.4. The SMILES string of the molecule is O=S(=O)(N=CC(Cl)(Cl)Cl)c1ccc(Cl)cc1. The first-order valence-corrected chi connectivity index (χ1v) is 6.80. The number of rotatable bonds is 2. The van der Waals surface area contributed by atoms with Gasteiger partial charge in [0.15, 0.2) is 0 Å². The zero-order valence-corrected chi connectivity index (χ0v) is 11.4. The van der Waals surface area contributed by atoms with Crippen molar-refractivity contribution in [2.45, 2.75) is 8.69 Å². The Kier molecular flexibility index (Phi) is 4.49. The summed E-state index contributed by atoms with van der Waals surface area (Å²) in [7, 11) is -3.85. The van der Waals surface area contributed by atoms with Gasteiger partial charge in [-0.1, -0.05) is 46.4 Å². The summed E-state index contributed by atoms with van der Waals surface area (Å²) in [6, 6.07) is 5.49. The quantitative estimate of drug-likeness (QED) is 0.618. The van der Waals surface area contributed by atoms with Crippen molar-refractivity contribution in [2.24, 2.45) is 4.40 Å². The third-order valence-corrected chi connectivity index (χ3v) is 3.24. The van der Waals surface area contributed by atoms with E-state index in [0.29, 0.717) is 5.02 Å². The van der Waals surface area contributed by atoms with Crippen LogP contribution in [0, 0.1) is 0 Å². The normalized spacial score (nSPS) is 13.2. The summed E-state index contributed by atoms with van der Waals surface area (Å²) in [6.07, 6.45) is 0.724. The molecule has 0 amide bonds. The Morgan fingerprint density at radius 3 is 2.06 bits per heavy atom. The summed E-state index contributed by atoms with van der Waals surface area (Å²) < 4.78 is 24.5. The van der Waals surface area contributed by atoms with Gasteiger partial charge < -0.3 is 0 Å². The van der Waals surface area contributed by atoms with Crippen molar-refractivity contribution in [1.82, 2.24) is 0 Å². The van der Waals surface area contributed by atoms with Gasteiger partial charge in [-0.15, -0.1) is 0 Å². The van der Waals surface area contributed by atoms with Crippen LogP contribution >= 0.6 is 46.4 Å². The lowest BCUT2D eigenvalue weighted by molar-refractivity contribution is 0.598. The van der Waals surface area contributed by atoms with Gasteiger partial charge in [-0.25, -0.2) is 0 Å². The van der Waals surface area contributed by atoms with E-state index in [0.717, 1.165) is 6.21 Å². The molecule has 0 radical (unpaired) electrons. The average molecular weight is 321 g/mol. The summed E-state index contributed by atoms with van der Waals surface area (Å²) in [5, 5.41) is 0.421. The van der Waals surface area contributed by atoms with Crippen LogP contribution in [0.4, 0.5) is 0 Å². The van der Waals surface area contributed by atoms with E-state index in [9.17, 15) is 8.42 Å². The molecule has 1 rings (SSSR count). The molecule has 88 valence electrons. The predicted octanol–water partition coefficient (Wildman–Crippen LogP) is 3.47. The zero-order valence-electron chi connectivity index (χ0n) is 7.57. The number of benzene rings is 1. The van der Waals surface area contributed by atoms with Gasteiger partial charge in [0.05, 0.1) is 11.1 Å². The van der Waals surface area contributed by atoms with Crippen LogP contribution in [0.5, 0.6) is 0 Å². The second kappa shape index (κ2) is 5.10. The molecule has 0 aliphatic carbocycles. The van der Waals surface area contributed by atoms with E-state index in [1.807, 2.05) is 0 Å². The molecule has 0 saturated heterocycles. The molecule has 3 nitrogen and oxygen atoms in total. The smallest absolute Gasteiger partial charge is 0.199 e. The molecule has 0 aliphatic heterocycles. The third kappa shape index (κ3) is 4.47. The molecule has 0 atom stereocenters. The van der Waals surface area contributed by atoms with Crippen molar-refractivity contribution >= 4 is 62.6 Å². The lowest BCUT2D eigenvalue weighted by atomic mass is 10.4. The largest absolute Gasteiger partial charge is 0.282 e. The highest BCUT2D eigenvalue weighted by Gasteiger charge is 2.19. The number of hydrogen-bond acceptors (Lipinski definition) is 2. The fraction of sp³-hybridized carbons (Fsp3) is 0.125. The number of nitrogens with zero attached hydrogens (tertiary/aromatic N) is 1. The molecular formula is C8H5Cl4NO2S. The van der Waals surface area contributed by atoms with Crippen LogP contribution < -0.4 is 0 Å². The van der Waals surface area contributed by atoms with Crippen molar-refractivity contribution in [1.29, 1.82) is 0 Å². The molecule has 1 aromatic rings. The fourth-order valence-corrected chi connectivity index (χ4v) is 2.14. The Hall–Kier alpha value is -0.000000000000000167. The van der Waals surface area contributed by atoms with E-state index in [1.165, 1.54) is 24.3 Å². The topological polar surface area (TPSA) is 46.5 Å². The van der Waals surface area contributed by atoms with E-state index in [2.05, 4.69) is 4.40 Å². The fourth-order valence-electron chi connectivity index (χ4n) is 0.797. The summed E-state index contributed by atoms with van der Waals surface area (Å²) in [4.78, 5) is -0.0256. The van der Waals surface area contributed by atoms with Crippen molar-refractivity contribution in [3.8, 4) is 0 Å². The van der Waals surface area contributed by atoms with Crippen molar-refractivity contribution in [3.63, 3.8) is 0 Å². The molecule has 16 heavy (non-hydrogen) atoms. The van der Waals surface area contributed by atoms with E-state index in [1.54, 1.807) is 0 Å². The third-order valence-electron chi connectivity index (χ3n) is 1.45. The Bertz CT molecular complexity index is 490. The Labute approximate surface area is 113 Å². The standard InChI is InChI=1S/C8H5Cl4NO2S/c9-6-1-3-7(4-2-6)16(14,15)13-5-8(10,11)12/h1-5H. The van der Waals surface area contributed by atoms with Gasteiger partial charge in [0.1, 0.15) is 0 Å². The number of sulfonamides is 1. The maximum Gasteiger partial charge on any atom is 0.282 e. The Morgan fingerprint density at radius 1 is 1.12 bits per heavy atom. The van der Waals surface area contributed by atoms with E-state index in [-0.39, 0.29) is 4.90 Å². The first-order chi connectivity index (χ1) is 7.21. The van der Waals surface area contributed by atoms with Crippen LogP contribution in [0.1, 0.15) is 0 Å². The highest BCUT2D eigenvalue weighted by atomic mass is 35.6. The molecule has 0 spiro atoms. The molecule has 0 aliphatic rings. The van der Waals surface area contributed by atoms with Gasteiger partial charge in [-0.2, -0.15) is 12.8 Å². The summed E-state index contributed by atoms with van der Waals surface area (Å²) in [5.74, 6) is 0. The minimum Gasteiger partial charge on any atom is -0.199 e. The summed E-state index contributed by atoms with van der Waals surface area (Å²) in [6.45, 7) is 0. The van der Waals surface area contributed by atoms with Gasteiger partial charge >= 0.3 is 0 Å². The molecule has 0 N–H and O–H groups in total. The molecule has 0 aromatic heterocycles. The lowest BCUT2D eigenvalue weighted by Crippen LogP contribution is -2.06. The van der Waals surface area contributed by atoms with E-state index >= 15 is 0 Å². The van der Waals surface area contributed by atoms with Crippen LogP contribution in [-0.4, -0.2) is 18.4 Å². The molecule has 0 heterocycles. The number of hydrogen-bond donors (Lipinski definition) is 0. The van der Waals surface area contributed by atoms with Crippen molar-refractivity contribution < 1.29 is 8.42 Å². The van der Waals surface area contributed by atoms with Gasteiger partial charge in [-0.3, -0.25) is 0 Å². The molecular weight excluding hydrogens is 316 g/mol. The minimum absolute atomic E-state index is 0.0256. The highest BCUT2D eigenvalue weighted by molar-refractivity contribution is 7.90. The number of alkyl halides is 3. The second-order valence-electron chi connectivity index (χ2n) is 2.71. The maximum absolute atomic E-state index is 11.6. The molecule has 0 fully saturated rings. The Morgan fingerprint density at radius 2 is 1.62 bits per heavy atom. The maximum atomic E-state index is 11.6. The lowest BCUT2D eigenvalue weighted by Gasteiger charge is -2.02. The van der Waals surface area contributed by atoms with Crippen LogP contribution in [-0.2, 0) is 10.0 Å². The van der Waals surface area contributed by atoms with Gasteiger partial charge in [-0.05, 0) is 24.3 Å². The van der Waals surface area contributed by atoms with Crippen LogP contribution in [0.3, 0.4) is 0 Å². The van der Waals surface area contributed by atoms with E-state index < -0.39 is 13.8 Å². The van der Waals surface area contributed by atoms with Crippen molar-refractivity contribution in [3.05, 3.63) is 29.3 Å². The summed E-state index contributed by atoms with van der Waals surface area (Å²) >= 11 is 21.7.